The van der Waals surface area contributed by atoms with Crippen molar-refractivity contribution in [1.82, 2.24) is 4.31 Å². The van der Waals surface area contributed by atoms with Crippen molar-refractivity contribution in [1.29, 1.82) is 0 Å². The topological polar surface area (TPSA) is 94.9 Å². The minimum atomic E-state index is -5.08. The number of rotatable bonds is 1. The summed E-state index contributed by atoms with van der Waals surface area (Å²) in [5, 5.41) is 7.12. The molecule has 1 aromatic carbocycles. The van der Waals surface area contributed by atoms with Gasteiger partial charge in [0.25, 0.3) is 0 Å². The third kappa shape index (κ3) is 5.33. The molecule has 1 aliphatic rings. The first-order valence-corrected chi connectivity index (χ1v) is 7.01. The Morgan fingerprint density at radius 1 is 1.19 bits per heavy atom. The van der Waals surface area contributed by atoms with Crippen LogP contribution in [0, 0.1) is 0 Å². The van der Waals surface area contributed by atoms with Crippen LogP contribution in [-0.4, -0.2) is 41.1 Å². The van der Waals surface area contributed by atoms with Crippen LogP contribution in [0.3, 0.4) is 0 Å². The van der Waals surface area contributed by atoms with Gasteiger partial charge >= 0.3 is 22.4 Å². The summed E-state index contributed by atoms with van der Waals surface area (Å²) in [6, 6.07) is 7.66. The fourth-order valence-electron chi connectivity index (χ4n) is 1.67. The normalized spacial score (nSPS) is 15.6. The molecule has 1 aromatic rings. The number of fused-ring (bicyclic) bond motifs is 1. The maximum absolute atomic E-state index is 10.9. The van der Waals surface area contributed by atoms with Crippen molar-refractivity contribution in [2.24, 2.45) is 0 Å². The summed E-state index contributed by atoms with van der Waals surface area (Å²) in [5.41, 5.74) is 2.13. The summed E-state index contributed by atoms with van der Waals surface area (Å²) < 4.78 is 63.4. The number of hydrogen-bond donors (Lipinski definition) is 2. The van der Waals surface area contributed by atoms with E-state index in [-0.39, 0.29) is 6.54 Å². The number of halogens is 3. The third-order valence-corrected chi connectivity index (χ3v) is 3.63. The van der Waals surface area contributed by atoms with Crippen molar-refractivity contribution >= 4 is 16.3 Å². The Bertz CT molecular complexity index is 615. The highest BCUT2D eigenvalue weighted by Gasteiger charge is 2.38. The zero-order valence-electron chi connectivity index (χ0n) is 10.5. The van der Waals surface area contributed by atoms with Gasteiger partial charge in [0.15, 0.2) is 0 Å². The first-order valence-electron chi connectivity index (χ1n) is 5.61. The number of carboxylic acids is 1. The number of hydrogen-bond acceptors (Lipinski definition) is 3. The lowest BCUT2D eigenvalue weighted by Gasteiger charge is -2.25. The van der Waals surface area contributed by atoms with Crippen molar-refractivity contribution in [3.05, 3.63) is 35.4 Å². The minimum absolute atomic E-state index is 0.273. The largest absolute Gasteiger partial charge is 0.490 e. The summed E-state index contributed by atoms with van der Waals surface area (Å²) >= 11 is 0. The van der Waals surface area contributed by atoms with Crippen molar-refractivity contribution in [3.63, 3.8) is 0 Å². The van der Waals surface area contributed by atoms with Gasteiger partial charge in [0.2, 0.25) is 0 Å². The van der Waals surface area contributed by atoms with Crippen LogP contribution in [0.5, 0.6) is 0 Å². The molecule has 6 nitrogen and oxygen atoms in total. The summed E-state index contributed by atoms with van der Waals surface area (Å²) in [7, 11) is -4.04. The molecule has 10 heteroatoms. The van der Waals surface area contributed by atoms with Crippen molar-refractivity contribution in [2.45, 2.75) is 19.1 Å². The molecule has 0 amide bonds. The van der Waals surface area contributed by atoms with Crippen LogP contribution in [0.25, 0.3) is 0 Å². The molecule has 0 spiro atoms. The van der Waals surface area contributed by atoms with E-state index in [1.54, 1.807) is 0 Å². The van der Waals surface area contributed by atoms with Crippen LogP contribution < -0.4 is 0 Å². The number of carboxylic acid groups (broad SMARTS) is 1. The molecule has 2 N–H and O–H groups in total. The molecule has 1 heterocycles. The maximum atomic E-state index is 10.9. The Labute approximate surface area is 118 Å². The van der Waals surface area contributed by atoms with E-state index in [2.05, 4.69) is 0 Å². The molecule has 21 heavy (non-hydrogen) atoms. The molecule has 0 unspecified atom stereocenters. The fourth-order valence-corrected chi connectivity index (χ4v) is 2.29. The molecule has 1 aliphatic heterocycles. The highest BCUT2D eigenvalue weighted by molar-refractivity contribution is 7.83. The number of carbonyl (C=O) groups is 1. The van der Waals surface area contributed by atoms with Crippen LogP contribution >= 0.6 is 0 Å². The second-order valence-electron chi connectivity index (χ2n) is 4.13. The van der Waals surface area contributed by atoms with Gasteiger partial charge in [0.05, 0.1) is 0 Å². The quantitative estimate of drug-likeness (QED) is 0.762. The van der Waals surface area contributed by atoms with E-state index in [9.17, 15) is 21.6 Å². The van der Waals surface area contributed by atoms with E-state index in [0.717, 1.165) is 15.4 Å². The molecule has 118 valence electrons. The van der Waals surface area contributed by atoms with Gasteiger partial charge in [0.1, 0.15) is 0 Å². The molecular formula is C11H12F3NO5S. The van der Waals surface area contributed by atoms with E-state index in [1.165, 1.54) is 0 Å². The van der Waals surface area contributed by atoms with Crippen LogP contribution in [0.15, 0.2) is 24.3 Å². The summed E-state index contributed by atoms with van der Waals surface area (Å²) in [5.74, 6) is -2.76. The summed E-state index contributed by atoms with van der Waals surface area (Å²) in [4.78, 5) is 8.90. The first-order chi connectivity index (χ1) is 9.51. The van der Waals surface area contributed by atoms with Crippen LogP contribution in [0.1, 0.15) is 11.1 Å². The average molecular weight is 327 g/mol. The third-order valence-electron chi connectivity index (χ3n) is 2.66. The van der Waals surface area contributed by atoms with Gasteiger partial charge in [-0.2, -0.15) is 25.9 Å². The smallest absolute Gasteiger partial charge is 0.475 e. The minimum Gasteiger partial charge on any atom is -0.475 e. The number of aliphatic carboxylic acids is 1. The van der Waals surface area contributed by atoms with Gasteiger partial charge in [0, 0.05) is 13.1 Å². The van der Waals surface area contributed by atoms with Gasteiger partial charge in [-0.05, 0) is 17.5 Å². The Kier molecular flexibility index (Phi) is 5.31. The molecule has 0 aliphatic carbocycles. The van der Waals surface area contributed by atoms with Crippen molar-refractivity contribution in [3.8, 4) is 0 Å². The zero-order valence-corrected chi connectivity index (χ0v) is 11.4. The standard InChI is InChI=1S/C9H11NO3S.C2HF3O2/c11-14(12,13)10-6-5-8-3-1-2-4-9(8)7-10;3-2(4,5)1(6)7/h1-4H,5-7H2,(H,11,12,13);(H,6,7). The number of nitrogens with zero attached hydrogens (tertiary/aromatic N) is 1. The monoisotopic (exact) mass is 327 g/mol. The Morgan fingerprint density at radius 3 is 2.10 bits per heavy atom. The highest BCUT2D eigenvalue weighted by Crippen LogP contribution is 2.19. The SMILES string of the molecule is O=C(O)C(F)(F)F.O=S(=O)(O)N1CCc2ccccc2C1. The van der Waals surface area contributed by atoms with Crippen molar-refractivity contribution in [2.75, 3.05) is 6.54 Å². The van der Waals surface area contributed by atoms with E-state index < -0.39 is 22.4 Å². The van der Waals surface area contributed by atoms with Crippen LogP contribution in [0.4, 0.5) is 13.2 Å². The van der Waals surface area contributed by atoms with Gasteiger partial charge in [-0.1, -0.05) is 24.3 Å². The molecule has 0 radical (unpaired) electrons. The van der Waals surface area contributed by atoms with E-state index >= 15 is 0 Å². The fraction of sp³-hybridized carbons (Fsp3) is 0.364. The molecule has 0 bridgehead atoms. The van der Waals surface area contributed by atoms with Gasteiger partial charge in [-0.25, -0.2) is 4.79 Å². The van der Waals surface area contributed by atoms with Gasteiger partial charge in [-0.15, -0.1) is 0 Å². The summed E-state index contributed by atoms with van der Waals surface area (Å²) in [6.45, 7) is 0.630. The number of benzene rings is 1. The molecule has 0 fully saturated rings. The predicted octanol–water partition coefficient (Wildman–Crippen LogP) is 1.48. The molecular weight excluding hydrogens is 315 g/mol. The average Bonchev–Trinajstić information content (AvgIpc) is 2.36. The lowest BCUT2D eigenvalue weighted by Crippen LogP contribution is -2.35. The molecule has 0 atom stereocenters. The zero-order chi connectivity index (χ0) is 16.3. The van der Waals surface area contributed by atoms with Crippen LogP contribution in [0.2, 0.25) is 0 Å². The lowest BCUT2D eigenvalue weighted by molar-refractivity contribution is -0.192. The number of alkyl halides is 3. The summed E-state index contributed by atoms with van der Waals surface area (Å²) in [6.07, 6.45) is -4.42. The maximum Gasteiger partial charge on any atom is 0.490 e. The van der Waals surface area contributed by atoms with E-state index in [0.29, 0.717) is 13.0 Å². The Hall–Kier alpha value is -1.65. The molecule has 2 rings (SSSR count). The van der Waals surface area contributed by atoms with E-state index in [4.69, 9.17) is 14.5 Å². The van der Waals surface area contributed by atoms with Crippen molar-refractivity contribution < 1.29 is 36.0 Å². The van der Waals surface area contributed by atoms with E-state index in [1.807, 2.05) is 24.3 Å². The molecule has 0 saturated heterocycles. The lowest BCUT2D eigenvalue weighted by atomic mass is 10.0. The molecule has 0 aromatic heterocycles. The second kappa shape index (κ2) is 6.41. The van der Waals surface area contributed by atoms with Gasteiger partial charge < -0.3 is 5.11 Å². The van der Waals surface area contributed by atoms with Crippen LogP contribution in [-0.2, 0) is 28.1 Å². The highest BCUT2D eigenvalue weighted by atomic mass is 32.2. The molecule has 0 saturated carbocycles. The second-order valence-corrected chi connectivity index (χ2v) is 5.55. The van der Waals surface area contributed by atoms with Gasteiger partial charge in [-0.3, -0.25) is 4.55 Å². The first kappa shape index (κ1) is 17.4. The Morgan fingerprint density at radius 2 is 1.67 bits per heavy atom. The predicted molar refractivity (Wildman–Crippen MR) is 65.8 cm³/mol. The Balaban J connectivity index is 0.000000270.